The summed E-state index contributed by atoms with van der Waals surface area (Å²) >= 11 is 0. The number of aromatic hydroxyl groups is 1. The highest BCUT2D eigenvalue weighted by molar-refractivity contribution is 5.81. The maximum Gasteiger partial charge on any atom is 0.239 e. The van der Waals surface area contributed by atoms with Crippen LogP contribution in [0.25, 0.3) is 0 Å². The van der Waals surface area contributed by atoms with Gasteiger partial charge >= 0.3 is 0 Å². The average molecular weight is 310 g/mol. The molecule has 0 saturated heterocycles. The molecule has 0 aromatic heterocycles. The second-order valence-electron chi connectivity index (χ2n) is 5.95. The van der Waals surface area contributed by atoms with Crippen LogP contribution in [-0.2, 0) is 17.8 Å². The fraction of sp³-hybridized carbons (Fsp3) is 0.316. The number of phenolic OH excluding ortho intramolecular Hbond substituents is 1. The van der Waals surface area contributed by atoms with Crippen molar-refractivity contribution in [2.45, 2.75) is 25.8 Å². The summed E-state index contributed by atoms with van der Waals surface area (Å²) in [6.45, 7) is 1.77. The van der Waals surface area contributed by atoms with Crippen molar-refractivity contribution in [3.05, 3.63) is 59.7 Å². The van der Waals surface area contributed by atoms with Gasteiger partial charge in [-0.25, -0.2) is 0 Å². The highest BCUT2D eigenvalue weighted by atomic mass is 16.3. The Balaban J connectivity index is 1.64. The van der Waals surface area contributed by atoms with Crippen LogP contribution in [0.3, 0.4) is 0 Å². The van der Waals surface area contributed by atoms with E-state index in [1.807, 2.05) is 42.5 Å². The molecule has 0 spiro atoms. The molecule has 3 rings (SSSR count). The van der Waals surface area contributed by atoms with E-state index in [0.717, 1.165) is 42.6 Å². The molecule has 1 aliphatic rings. The first-order chi connectivity index (χ1) is 11.2. The standard InChI is InChI=1S/C19H22N2O2/c22-17-9-10-18-16(12-17)8-4-5-11-21(18)14-19(23)20-13-15-6-2-1-3-7-15/h1-3,6-7,9-10,12,22H,4-5,8,11,13-14H2,(H,20,23). The number of hydrogen-bond donors (Lipinski definition) is 2. The lowest BCUT2D eigenvalue weighted by Gasteiger charge is -2.24. The number of benzene rings is 2. The highest BCUT2D eigenvalue weighted by Gasteiger charge is 2.18. The van der Waals surface area contributed by atoms with Gasteiger partial charge in [-0.3, -0.25) is 4.79 Å². The van der Waals surface area contributed by atoms with E-state index < -0.39 is 0 Å². The van der Waals surface area contributed by atoms with Gasteiger partial charge in [-0.15, -0.1) is 0 Å². The minimum absolute atomic E-state index is 0.0229. The summed E-state index contributed by atoms with van der Waals surface area (Å²) in [5, 5.41) is 12.6. The van der Waals surface area contributed by atoms with Crippen molar-refractivity contribution in [1.29, 1.82) is 0 Å². The largest absolute Gasteiger partial charge is 0.508 e. The molecule has 2 N–H and O–H groups in total. The predicted octanol–water partition coefficient (Wildman–Crippen LogP) is 2.85. The third-order valence-corrected chi connectivity index (χ3v) is 4.19. The third kappa shape index (κ3) is 4.03. The number of amides is 1. The Morgan fingerprint density at radius 2 is 1.96 bits per heavy atom. The molecule has 120 valence electrons. The molecule has 23 heavy (non-hydrogen) atoms. The number of hydrogen-bond acceptors (Lipinski definition) is 3. The monoisotopic (exact) mass is 310 g/mol. The molecule has 0 aliphatic carbocycles. The molecular weight excluding hydrogens is 288 g/mol. The van der Waals surface area contributed by atoms with Crippen molar-refractivity contribution < 1.29 is 9.90 Å². The first-order valence-electron chi connectivity index (χ1n) is 8.10. The zero-order chi connectivity index (χ0) is 16.1. The van der Waals surface area contributed by atoms with Crippen LogP contribution in [0.1, 0.15) is 24.0 Å². The second kappa shape index (κ2) is 7.18. The second-order valence-corrected chi connectivity index (χ2v) is 5.95. The number of phenols is 1. The zero-order valence-electron chi connectivity index (χ0n) is 13.2. The van der Waals surface area contributed by atoms with Crippen LogP contribution >= 0.6 is 0 Å². The summed E-state index contributed by atoms with van der Waals surface area (Å²) in [7, 11) is 0. The van der Waals surface area contributed by atoms with Crippen LogP contribution in [-0.4, -0.2) is 24.1 Å². The first kappa shape index (κ1) is 15.4. The van der Waals surface area contributed by atoms with Gasteiger partial charge in [0.15, 0.2) is 0 Å². The zero-order valence-corrected chi connectivity index (χ0v) is 13.2. The van der Waals surface area contributed by atoms with Crippen molar-refractivity contribution in [1.82, 2.24) is 5.32 Å². The maximum atomic E-state index is 12.3. The summed E-state index contributed by atoms with van der Waals surface area (Å²) < 4.78 is 0. The lowest BCUT2D eigenvalue weighted by molar-refractivity contribution is -0.119. The van der Waals surface area contributed by atoms with Gasteiger partial charge in [-0.2, -0.15) is 0 Å². The Kier molecular flexibility index (Phi) is 4.81. The number of carbonyl (C=O) groups excluding carboxylic acids is 1. The van der Waals surface area contributed by atoms with E-state index >= 15 is 0 Å². The molecule has 0 saturated carbocycles. The molecule has 0 radical (unpaired) electrons. The Morgan fingerprint density at radius 1 is 1.13 bits per heavy atom. The van der Waals surface area contributed by atoms with Crippen LogP contribution in [0.2, 0.25) is 0 Å². The minimum Gasteiger partial charge on any atom is -0.508 e. The quantitative estimate of drug-likeness (QED) is 0.913. The van der Waals surface area contributed by atoms with E-state index in [1.165, 1.54) is 0 Å². The predicted molar refractivity (Wildman–Crippen MR) is 91.5 cm³/mol. The Bertz CT molecular complexity index is 670. The number of rotatable bonds is 4. The van der Waals surface area contributed by atoms with Gasteiger partial charge < -0.3 is 15.3 Å². The summed E-state index contributed by atoms with van der Waals surface area (Å²) in [5.74, 6) is 0.314. The van der Waals surface area contributed by atoms with E-state index in [2.05, 4.69) is 10.2 Å². The van der Waals surface area contributed by atoms with Gasteiger partial charge in [0.1, 0.15) is 5.75 Å². The molecular formula is C19H22N2O2. The summed E-state index contributed by atoms with van der Waals surface area (Å²) in [6.07, 6.45) is 3.09. The van der Waals surface area contributed by atoms with Crippen LogP contribution < -0.4 is 10.2 Å². The number of anilines is 1. The molecule has 0 bridgehead atoms. The summed E-state index contributed by atoms with van der Waals surface area (Å²) in [4.78, 5) is 14.4. The van der Waals surface area contributed by atoms with E-state index in [-0.39, 0.29) is 5.91 Å². The highest BCUT2D eigenvalue weighted by Crippen LogP contribution is 2.29. The molecule has 1 aliphatic heterocycles. The fourth-order valence-electron chi connectivity index (χ4n) is 3.01. The Labute approximate surface area is 136 Å². The lowest BCUT2D eigenvalue weighted by Crippen LogP contribution is -2.37. The van der Waals surface area contributed by atoms with Crippen LogP contribution in [0.5, 0.6) is 5.75 Å². The van der Waals surface area contributed by atoms with Crippen LogP contribution in [0.4, 0.5) is 5.69 Å². The SMILES string of the molecule is O=C(CN1CCCCc2cc(O)ccc21)NCc1ccccc1. The van der Waals surface area contributed by atoms with Gasteiger partial charge in [0.25, 0.3) is 0 Å². The maximum absolute atomic E-state index is 12.3. The van der Waals surface area contributed by atoms with Gasteiger partial charge in [-0.1, -0.05) is 30.3 Å². The Morgan fingerprint density at radius 3 is 2.78 bits per heavy atom. The van der Waals surface area contributed by atoms with Gasteiger partial charge in [0.05, 0.1) is 6.54 Å². The topological polar surface area (TPSA) is 52.6 Å². The molecule has 0 unspecified atom stereocenters. The smallest absolute Gasteiger partial charge is 0.239 e. The van der Waals surface area contributed by atoms with E-state index in [9.17, 15) is 9.90 Å². The normalized spacial score (nSPS) is 14.0. The first-order valence-corrected chi connectivity index (χ1v) is 8.10. The number of nitrogens with one attached hydrogen (secondary N) is 1. The van der Waals surface area contributed by atoms with Crippen molar-refractivity contribution in [2.24, 2.45) is 0 Å². The summed E-state index contributed by atoms with van der Waals surface area (Å²) in [5.41, 5.74) is 3.29. The molecule has 0 fully saturated rings. The molecule has 0 atom stereocenters. The number of carbonyl (C=O) groups is 1. The summed E-state index contributed by atoms with van der Waals surface area (Å²) in [6, 6.07) is 15.3. The van der Waals surface area contributed by atoms with Crippen molar-refractivity contribution in [3.63, 3.8) is 0 Å². The fourth-order valence-corrected chi connectivity index (χ4v) is 3.01. The number of fused-ring (bicyclic) bond motifs is 1. The molecule has 1 amide bonds. The van der Waals surface area contributed by atoms with Gasteiger partial charge in [-0.05, 0) is 48.6 Å². The van der Waals surface area contributed by atoms with Crippen LogP contribution in [0.15, 0.2) is 48.5 Å². The van der Waals surface area contributed by atoms with Crippen LogP contribution in [0, 0.1) is 0 Å². The Hall–Kier alpha value is -2.49. The number of aryl methyl sites for hydroxylation is 1. The minimum atomic E-state index is 0.0229. The van der Waals surface area contributed by atoms with E-state index in [1.54, 1.807) is 6.07 Å². The van der Waals surface area contributed by atoms with Crippen molar-refractivity contribution in [2.75, 3.05) is 18.0 Å². The molecule has 2 aromatic rings. The van der Waals surface area contributed by atoms with Crippen molar-refractivity contribution >= 4 is 11.6 Å². The van der Waals surface area contributed by atoms with E-state index in [4.69, 9.17) is 0 Å². The van der Waals surface area contributed by atoms with Gasteiger partial charge in [0, 0.05) is 18.8 Å². The molecule has 2 aromatic carbocycles. The molecule has 1 heterocycles. The third-order valence-electron chi connectivity index (χ3n) is 4.19. The van der Waals surface area contributed by atoms with Gasteiger partial charge in [0.2, 0.25) is 5.91 Å². The molecule has 4 heteroatoms. The molecule has 4 nitrogen and oxygen atoms in total. The lowest BCUT2D eigenvalue weighted by atomic mass is 10.1. The number of nitrogens with zero attached hydrogens (tertiary/aromatic N) is 1. The average Bonchev–Trinajstić information content (AvgIpc) is 2.76. The van der Waals surface area contributed by atoms with Crippen molar-refractivity contribution in [3.8, 4) is 5.75 Å². The van der Waals surface area contributed by atoms with E-state index in [0.29, 0.717) is 18.8 Å².